The number of rotatable bonds is 9. The van der Waals surface area contributed by atoms with E-state index in [1.165, 1.54) is 0 Å². The summed E-state index contributed by atoms with van der Waals surface area (Å²) >= 11 is 0. The number of carbonyl (C=O) groups excluding carboxylic acids is 1. The molecule has 0 bridgehead atoms. The summed E-state index contributed by atoms with van der Waals surface area (Å²) in [6.45, 7) is 10.2. The van der Waals surface area contributed by atoms with E-state index in [-0.39, 0.29) is 11.5 Å². The maximum absolute atomic E-state index is 12.7. The van der Waals surface area contributed by atoms with Crippen molar-refractivity contribution >= 4 is 17.4 Å². The third kappa shape index (κ3) is 7.58. The van der Waals surface area contributed by atoms with Crippen LogP contribution in [0.15, 0.2) is 36.5 Å². The fourth-order valence-corrected chi connectivity index (χ4v) is 3.65. The second-order valence-corrected chi connectivity index (χ2v) is 9.33. The molecule has 1 amide bonds. The maximum Gasteiger partial charge on any atom is 0.255 e. The zero-order valence-corrected chi connectivity index (χ0v) is 20.7. The number of hydrogen-bond acceptors (Lipinski definition) is 8. The molecule has 1 saturated heterocycles. The molecule has 1 aromatic heterocycles. The highest BCUT2D eigenvalue weighted by atomic mass is 16.5. The fourth-order valence-electron chi connectivity index (χ4n) is 3.65. The molecule has 0 aliphatic carbocycles. The number of nitrogens with zero attached hydrogens (tertiary/aromatic N) is 3. The highest BCUT2D eigenvalue weighted by Gasteiger charge is 2.21. The summed E-state index contributed by atoms with van der Waals surface area (Å²) < 4.78 is 16.1. The lowest BCUT2D eigenvalue weighted by molar-refractivity contribution is -0.0563. The van der Waals surface area contributed by atoms with Crippen molar-refractivity contribution < 1.29 is 24.1 Å². The van der Waals surface area contributed by atoms with Crippen LogP contribution in [0.5, 0.6) is 11.5 Å². The van der Waals surface area contributed by atoms with Crippen molar-refractivity contribution in [1.82, 2.24) is 9.88 Å². The Morgan fingerprint density at radius 1 is 1.09 bits per heavy atom. The van der Waals surface area contributed by atoms with E-state index in [0.29, 0.717) is 35.9 Å². The van der Waals surface area contributed by atoms with E-state index in [1.807, 2.05) is 32.9 Å². The summed E-state index contributed by atoms with van der Waals surface area (Å²) in [5.41, 5.74) is 0.792. The minimum absolute atomic E-state index is 0.252. The lowest BCUT2D eigenvalue weighted by Crippen LogP contribution is -2.49. The maximum atomic E-state index is 12.7. The molecule has 1 atom stereocenters. The van der Waals surface area contributed by atoms with Crippen molar-refractivity contribution in [3.8, 4) is 11.5 Å². The van der Waals surface area contributed by atoms with Crippen LogP contribution in [0, 0.1) is 0 Å². The van der Waals surface area contributed by atoms with Gasteiger partial charge >= 0.3 is 0 Å². The molecule has 186 valence electrons. The molecule has 34 heavy (non-hydrogen) atoms. The smallest absolute Gasteiger partial charge is 0.255 e. The van der Waals surface area contributed by atoms with Crippen molar-refractivity contribution in [2.24, 2.45) is 0 Å². The van der Waals surface area contributed by atoms with Gasteiger partial charge in [-0.2, -0.15) is 0 Å². The van der Waals surface area contributed by atoms with Crippen LogP contribution in [0.25, 0.3) is 0 Å². The highest BCUT2D eigenvalue weighted by Crippen LogP contribution is 2.23. The fraction of sp³-hybridized carbons (Fsp3) is 0.520. The van der Waals surface area contributed by atoms with Gasteiger partial charge in [0.15, 0.2) is 0 Å². The SMILES string of the molecule is COc1cc(OC)cc(C(=O)Nc2ccc(N3CCN(CC(O)COC(C)(C)C)CC3)nc2)c1. The van der Waals surface area contributed by atoms with E-state index in [2.05, 4.69) is 20.1 Å². The van der Waals surface area contributed by atoms with E-state index in [0.717, 1.165) is 32.0 Å². The molecule has 3 rings (SSSR count). The highest BCUT2D eigenvalue weighted by molar-refractivity contribution is 6.04. The molecule has 1 aliphatic rings. The number of aromatic nitrogens is 1. The molecule has 0 spiro atoms. The first-order chi connectivity index (χ1) is 16.2. The molecule has 2 heterocycles. The number of benzene rings is 1. The monoisotopic (exact) mass is 472 g/mol. The molecular formula is C25H36N4O5. The molecule has 2 aromatic rings. The Morgan fingerprint density at radius 3 is 2.26 bits per heavy atom. The predicted octanol–water partition coefficient (Wildman–Crippen LogP) is 2.65. The molecule has 9 heteroatoms. The molecule has 1 fully saturated rings. The minimum atomic E-state index is -0.503. The number of carbonyl (C=O) groups is 1. The number of amides is 1. The van der Waals surface area contributed by atoms with Gasteiger partial charge in [-0.25, -0.2) is 4.98 Å². The second kappa shape index (κ2) is 11.5. The molecule has 1 aromatic carbocycles. The Balaban J connectivity index is 1.50. The number of ether oxygens (including phenoxy) is 3. The first kappa shape index (κ1) is 25.7. The normalized spacial score (nSPS) is 15.6. The Labute approximate surface area is 201 Å². The van der Waals surface area contributed by atoms with Crippen molar-refractivity contribution in [1.29, 1.82) is 0 Å². The molecule has 2 N–H and O–H groups in total. The number of hydrogen-bond donors (Lipinski definition) is 2. The number of aliphatic hydroxyl groups is 1. The second-order valence-electron chi connectivity index (χ2n) is 9.33. The van der Waals surface area contributed by atoms with Gasteiger partial charge in [-0.05, 0) is 45.0 Å². The van der Waals surface area contributed by atoms with Crippen molar-refractivity contribution in [3.05, 3.63) is 42.1 Å². The van der Waals surface area contributed by atoms with E-state index in [9.17, 15) is 9.90 Å². The van der Waals surface area contributed by atoms with E-state index in [4.69, 9.17) is 14.2 Å². The molecule has 0 saturated carbocycles. The number of anilines is 2. The zero-order chi connectivity index (χ0) is 24.7. The number of aliphatic hydroxyl groups excluding tert-OH is 1. The lowest BCUT2D eigenvalue weighted by atomic mass is 10.2. The van der Waals surface area contributed by atoms with Gasteiger partial charge in [-0.3, -0.25) is 9.69 Å². The van der Waals surface area contributed by atoms with E-state index in [1.54, 1.807) is 38.6 Å². The van der Waals surface area contributed by atoms with Crippen LogP contribution in [-0.2, 0) is 4.74 Å². The van der Waals surface area contributed by atoms with E-state index < -0.39 is 6.10 Å². The molecule has 9 nitrogen and oxygen atoms in total. The Morgan fingerprint density at radius 2 is 1.74 bits per heavy atom. The van der Waals surface area contributed by atoms with Crippen molar-refractivity contribution in [3.63, 3.8) is 0 Å². The van der Waals surface area contributed by atoms with Crippen molar-refractivity contribution in [2.75, 3.05) is 63.8 Å². The number of piperazine rings is 1. The van der Waals surface area contributed by atoms with Gasteiger partial charge in [-0.15, -0.1) is 0 Å². The molecule has 1 aliphatic heterocycles. The summed E-state index contributed by atoms with van der Waals surface area (Å²) in [6.07, 6.45) is 1.15. The number of nitrogens with one attached hydrogen (secondary N) is 1. The van der Waals surface area contributed by atoms with Gasteiger partial charge in [-0.1, -0.05) is 0 Å². The quantitative estimate of drug-likeness (QED) is 0.575. The van der Waals surface area contributed by atoms with Gasteiger partial charge in [0.2, 0.25) is 0 Å². The number of pyridine rings is 1. The van der Waals surface area contributed by atoms with E-state index >= 15 is 0 Å². The van der Waals surface area contributed by atoms with Crippen LogP contribution in [0.1, 0.15) is 31.1 Å². The third-order valence-electron chi connectivity index (χ3n) is 5.49. The van der Waals surface area contributed by atoms with Gasteiger partial charge in [0.1, 0.15) is 17.3 Å². The summed E-state index contributed by atoms with van der Waals surface area (Å²) in [5.74, 6) is 1.68. The van der Waals surface area contributed by atoms with Gasteiger partial charge in [0.25, 0.3) is 5.91 Å². The zero-order valence-electron chi connectivity index (χ0n) is 20.7. The first-order valence-electron chi connectivity index (χ1n) is 11.5. The average Bonchev–Trinajstić information content (AvgIpc) is 2.83. The lowest BCUT2D eigenvalue weighted by Gasteiger charge is -2.36. The predicted molar refractivity (Wildman–Crippen MR) is 132 cm³/mol. The number of methoxy groups -OCH3 is 2. The molecular weight excluding hydrogens is 436 g/mol. The molecule has 0 radical (unpaired) electrons. The standard InChI is InChI=1S/C25H36N4O5/c1-25(2,3)34-17-20(30)16-28-8-10-29(11-9-28)23-7-6-19(15-26-23)27-24(31)18-12-21(32-4)14-22(13-18)33-5/h6-7,12-15,20,30H,8-11,16-17H2,1-5H3,(H,27,31). The van der Waals surface area contributed by atoms with Crippen molar-refractivity contribution in [2.45, 2.75) is 32.5 Å². The minimum Gasteiger partial charge on any atom is -0.497 e. The largest absolute Gasteiger partial charge is 0.497 e. The number of β-amino-alcohol motifs (C(OH)–C–C–N with tert-alkyl or cyclic N) is 1. The van der Waals surface area contributed by atoms with Gasteiger partial charge in [0.05, 0.1) is 44.4 Å². The first-order valence-corrected chi connectivity index (χ1v) is 11.5. The van der Waals surface area contributed by atoms with Crippen LogP contribution in [0.3, 0.4) is 0 Å². The third-order valence-corrected chi connectivity index (χ3v) is 5.49. The Kier molecular flexibility index (Phi) is 8.71. The average molecular weight is 473 g/mol. The van der Waals surface area contributed by atoms with Crippen LogP contribution in [0.2, 0.25) is 0 Å². The summed E-state index contributed by atoms with van der Waals surface area (Å²) in [5, 5.41) is 13.1. The Bertz CT molecular complexity index is 915. The van der Waals surface area contributed by atoms with Crippen LogP contribution in [0.4, 0.5) is 11.5 Å². The Hall–Kier alpha value is -2.88. The van der Waals surface area contributed by atoms with Gasteiger partial charge < -0.3 is 29.5 Å². The molecule has 1 unspecified atom stereocenters. The van der Waals surface area contributed by atoms with Gasteiger partial charge in [0, 0.05) is 44.4 Å². The summed E-state index contributed by atoms with van der Waals surface area (Å²) in [4.78, 5) is 21.6. The summed E-state index contributed by atoms with van der Waals surface area (Å²) in [7, 11) is 3.09. The summed E-state index contributed by atoms with van der Waals surface area (Å²) in [6, 6.07) is 8.78. The topological polar surface area (TPSA) is 96.4 Å². The van der Waals surface area contributed by atoms with Crippen LogP contribution < -0.4 is 19.7 Å². The van der Waals surface area contributed by atoms with Crippen LogP contribution in [-0.4, -0.2) is 86.2 Å². The van der Waals surface area contributed by atoms with Crippen LogP contribution >= 0.6 is 0 Å².